The molecule has 1 aliphatic carbocycles. The highest BCUT2D eigenvalue weighted by Crippen LogP contribution is 2.42. The predicted octanol–water partition coefficient (Wildman–Crippen LogP) is 3.83. The van der Waals surface area contributed by atoms with Gasteiger partial charge < -0.3 is 5.73 Å². The molecule has 3 unspecified atom stereocenters. The van der Waals surface area contributed by atoms with E-state index in [2.05, 4.69) is 36.1 Å². The van der Waals surface area contributed by atoms with Crippen molar-refractivity contribution in [1.29, 1.82) is 0 Å². The number of nitrogens with zero attached hydrogens (tertiary/aromatic N) is 1. The maximum Gasteiger partial charge on any atom is 0.0354 e. The standard InChI is InChI=1S/C18H28N2/c1-14-9-10-18(17-8-3-2-7-16(14)17)20-13-5-4-6-15(20)11-12-19/h2-3,7-8,14-15,18H,4-6,9-13,19H2,1H3. The van der Waals surface area contributed by atoms with Gasteiger partial charge in [0.1, 0.15) is 0 Å². The van der Waals surface area contributed by atoms with Gasteiger partial charge in [-0.3, -0.25) is 4.90 Å². The van der Waals surface area contributed by atoms with Crippen LogP contribution in [0, 0.1) is 0 Å². The molecular weight excluding hydrogens is 244 g/mol. The minimum Gasteiger partial charge on any atom is -0.330 e. The molecule has 0 amide bonds. The van der Waals surface area contributed by atoms with E-state index in [4.69, 9.17) is 5.73 Å². The molecule has 1 fully saturated rings. The number of rotatable bonds is 3. The van der Waals surface area contributed by atoms with Crippen LogP contribution >= 0.6 is 0 Å². The summed E-state index contributed by atoms with van der Waals surface area (Å²) < 4.78 is 0. The van der Waals surface area contributed by atoms with Crippen molar-refractivity contribution in [3.63, 3.8) is 0 Å². The fraction of sp³-hybridized carbons (Fsp3) is 0.667. The molecule has 0 bridgehead atoms. The quantitative estimate of drug-likeness (QED) is 0.906. The molecule has 0 saturated carbocycles. The Morgan fingerprint density at radius 2 is 1.90 bits per heavy atom. The third kappa shape index (κ3) is 2.64. The topological polar surface area (TPSA) is 29.3 Å². The van der Waals surface area contributed by atoms with E-state index in [9.17, 15) is 0 Å². The number of likely N-dealkylation sites (tertiary alicyclic amines) is 1. The summed E-state index contributed by atoms with van der Waals surface area (Å²) in [4.78, 5) is 2.78. The molecule has 1 heterocycles. The zero-order chi connectivity index (χ0) is 13.9. The first-order valence-electron chi connectivity index (χ1n) is 8.36. The van der Waals surface area contributed by atoms with Crippen molar-refractivity contribution in [3.8, 4) is 0 Å². The smallest absolute Gasteiger partial charge is 0.0354 e. The first-order valence-corrected chi connectivity index (χ1v) is 8.36. The molecule has 0 spiro atoms. The molecule has 0 radical (unpaired) electrons. The van der Waals surface area contributed by atoms with Crippen molar-refractivity contribution in [1.82, 2.24) is 4.90 Å². The van der Waals surface area contributed by atoms with Gasteiger partial charge in [-0.15, -0.1) is 0 Å². The molecule has 0 aromatic heterocycles. The van der Waals surface area contributed by atoms with Gasteiger partial charge in [0.25, 0.3) is 0 Å². The fourth-order valence-corrected chi connectivity index (χ4v) is 4.26. The molecule has 3 atom stereocenters. The number of piperidine rings is 1. The summed E-state index contributed by atoms with van der Waals surface area (Å²) in [5, 5.41) is 0. The first-order chi connectivity index (χ1) is 9.81. The van der Waals surface area contributed by atoms with Crippen molar-refractivity contribution in [2.75, 3.05) is 13.1 Å². The molecule has 1 aliphatic heterocycles. The monoisotopic (exact) mass is 272 g/mol. The molecular formula is C18H28N2. The zero-order valence-corrected chi connectivity index (χ0v) is 12.7. The van der Waals surface area contributed by atoms with Crippen molar-refractivity contribution in [2.24, 2.45) is 5.73 Å². The van der Waals surface area contributed by atoms with Gasteiger partial charge >= 0.3 is 0 Å². The number of fused-ring (bicyclic) bond motifs is 1. The van der Waals surface area contributed by atoms with Crippen LogP contribution in [0.5, 0.6) is 0 Å². The Labute approximate surface area is 123 Å². The van der Waals surface area contributed by atoms with Crippen molar-refractivity contribution >= 4 is 0 Å². The highest BCUT2D eigenvalue weighted by molar-refractivity contribution is 5.35. The third-order valence-corrected chi connectivity index (χ3v) is 5.33. The van der Waals surface area contributed by atoms with Gasteiger partial charge in [0.2, 0.25) is 0 Å². The number of benzene rings is 1. The Hall–Kier alpha value is -0.860. The van der Waals surface area contributed by atoms with Gasteiger partial charge in [0.05, 0.1) is 0 Å². The minimum atomic E-state index is 0.638. The lowest BCUT2D eigenvalue weighted by Crippen LogP contribution is -2.44. The predicted molar refractivity (Wildman–Crippen MR) is 84.8 cm³/mol. The summed E-state index contributed by atoms with van der Waals surface area (Å²) in [5.41, 5.74) is 9.02. The van der Waals surface area contributed by atoms with Gasteiger partial charge in [-0.1, -0.05) is 37.6 Å². The molecule has 110 valence electrons. The summed E-state index contributed by atoms with van der Waals surface area (Å²) in [6.07, 6.45) is 7.88. The van der Waals surface area contributed by atoms with Gasteiger partial charge in [-0.25, -0.2) is 0 Å². The molecule has 20 heavy (non-hydrogen) atoms. The van der Waals surface area contributed by atoms with Gasteiger partial charge in [-0.05, 0) is 62.2 Å². The third-order valence-electron chi connectivity index (χ3n) is 5.33. The first kappa shape index (κ1) is 14.1. The van der Waals surface area contributed by atoms with Crippen LogP contribution in [0.25, 0.3) is 0 Å². The van der Waals surface area contributed by atoms with E-state index in [1.807, 2.05) is 0 Å². The van der Waals surface area contributed by atoms with Crippen molar-refractivity contribution < 1.29 is 0 Å². The van der Waals surface area contributed by atoms with Crippen LogP contribution in [0.1, 0.15) is 68.5 Å². The zero-order valence-electron chi connectivity index (χ0n) is 12.7. The van der Waals surface area contributed by atoms with E-state index >= 15 is 0 Å². The van der Waals surface area contributed by atoms with Crippen LogP contribution in [-0.4, -0.2) is 24.0 Å². The van der Waals surface area contributed by atoms with E-state index in [1.165, 1.54) is 38.6 Å². The molecule has 1 aromatic rings. The highest BCUT2D eigenvalue weighted by Gasteiger charge is 2.33. The van der Waals surface area contributed by atoms with Crippen molar-refractivity contribution in [2.45, 2.75) is 63.5 Å². The fourth-order valence-electron chi connectivity index (χ4n) is 4.26. The SMILES string of the molecule is CC1CCC(N2CCCCC2CCN)c2ccccc21. The van der Waals surface area contributed by atoms with E-state index in [1.54, 1.807) is 11.1 Å². The Kier molecular flexibility index (Phi) is 4.42. The lowest BCUT2D eigenvalue weighted by Gasteiger charge is -2.44. The molecule has 2 heteroatoms. The van der Waals surface area contributed by atoms with Gasteiger partial charge in [0, 0.05) is 12.1 Å². The van der Waals surface area contributed by atoms with Crippen LogP contribution in [0.3, 0.4) is 0 Å². The Balaban J connectivity index is 1.87. The Bertz CT molecular complexity index is 441. The maximum atomic E-state index is 5.84. The summed E-state index contributed by atoms with van der Waals surface area (Å²) in [5.74, 6) is 0.722. The van der Waals surface area contributed by atoms with Gasteiger partial charge in [0.15, 0.2) is 0 Å². The van der Waals surface area contributed by atoms with E-state index in [0.717, 1.165) is 18.9 Å². The average Bonchev–Trinajstić information content (AvgIpc) is 2.49. The lowest BCUT2D eigenvalue weighted by molar-refractivity contribution is 0.0781. The molecule has 2 nitrogen and oxygen atoms in total. The van der Waals surface area contributed by atoms with E-state index in [-0.39, 0.29) is 0 Å². The van der Waals surface area contributed by atoms with Crippen molar-refractivity contribution in [3.05, 3.63) is 35.4 Å². The number of hydrogen-bond acceptors (Lipinski definition) is 2. The molecule has 1 aromatic carbocycles. The normalized spacial score (nSPS) is 31.0. The molecule has 3 rings (SSSR count). The van der Waals surface area contributed by atoms with E-state index in [0.29, 0.717) is 12.1 Å². The molecule has 2 N–H and O–H groups in total. The lowest BCUT2D eigenvalue weighted by atomic mass is 9.79. The summed E-state index contributed by atoms with van der Waals surface area (Å²) in [7, 11) is 0. The maximum absolute atomic E-state index is 5.84. The second kappa shape index (κ2) is 6.28. The van der Waals surface area contributed by atoms with E-state index < -0.39 is 0 Å². The second-order valence-corrected chi connectivity index (χ2v) is 6.59. The largest absolute Gasteiger partial charge is 0.330 e. The van der Waals surface area contributed by atoms with Crippen LogP contribution in [-0.2, 0) is 0 Å². The number of hydrogen-bond donors (Lipinski definition) is 1. The van der Waals surface area contributed by atoms with Gasteiger partial charge in [-0.2, -0.15) is 0 Å². The Morgan fingerprint density at radius 3 is 2.70 bits per heavy atom. The molecule has 1 saturated heterocycles. The molecule has 2 aliphatic rings. The van der Waals surface area contributed by atoms with Crippen LogP contribution in [0.2, 0.25) is 0 Å². The van der Waals surface area contributed by atoms with Crippen LogP contribution in [0.4, 0.5) is 0 Å². The minimum absolute atomic E-state index is 0.638. The summed E-state index contributed by atoms with van der Waals surface area (Å²) >= 11 is 0. The average molecular weight is 272 g/mol. The summed E-state index contributed by atoms with van der Waals surface area (Å²) in [6, 6.07) is 10.5. The summed E-state index contributed by atoms with van der Waals surface area (Å²) in [6.45, 7) is 4.46. The van der Waals surface area contributed by atoms with Crippen LogP contribution in [0.15, 0.2) is 24.3 Å². The Morgan fingerprint density at radius 1 is 1.10 bits per heavy atom. The number of nitrogens with two attached hydrogens (primary N) is 1. The van der Waals surface area contributed by atoms with Crippen LogP contribution < -0.4 is 5.73 Å². The highest BCUT2D eigenvalue weighted by atomic mass is 15.2. The second-order valence-electron chi connectivity index (χ2n) is 6.59.